The number of carbonyl (C=O) groups is 1. The highest BCUT2D eigenvalue weighted by Crippen LogP contribution is 1.87. The number of ether oxygens (including phenoxy) is 1. The van der Waals surface area contributed by atoms with Gasteiger partial charge in [-0.25, -0.2) is 4.79 Å². The van der Waals surface area contributed by atoms with Gasteiger partial charge in [-0.05, 0) is 13.0 Å². The highest BCUT2D eigenvalue weighted by molar-refractivity contribution is 5.82. The van der Waals surface area contributed by atoms with Gasteiger partial charge < -0.3 is 10.5 Å². The molecule has 3 heteroatoms. The maximum absolute atomic E-state index is 10.5. The number of nitrogens with two attached hydrogens (primary N) is 1. The maximum atomic E-state index is 10.5. The van der Waals surface area contributed by atoms with Crippen LogP contribution in [0.15, 0.2) is 23.9 Å². The monoisotopic (exact) mass is 141 g/mol. The van der Waals surface area contributed by atoms with Gasteiger partial charge in [0.15, 0.2) is 0 Å². The van der Waals surface area contributed by atoms with Crippen LogP contribution in [0.1, 0.15) is 6.92 Å². The van der Waals surface area contributed by atoms with Crippen molar-refractivity contribution in [2.24, 2.45) is 5.73 Å². The molecule has 0 aliphatic carbocycles. The number of rotatable bonds is 2. The molecule has 56 valence electrons. The van der Waals surface area contributed by atoms with Crippen LogP contribution in [-0.4, -0.2) is 13.1 Å². The second-order valence-corrected chi connectivity index (χ2v) is 1.67. The molecule has 0 spiro atoms. The van der Waals surface area contributed by atoms with Crippen LogP contribution in [0.2, 0.25) is 0 Å². The van der Waals surface area contributed by atoms with Gasteiger partial charge >= 0.3 is 5.97 Å². The molecule has 0 aliphatic rings. The highest BCUT2D eigenvalue weighted by atomic mass is 16.5. The summed E-state index contributed by atoms with van der Waals surface area (Å²) < 4.78 is 4.34. The van der Waals surface area contributed by atoms with Gasteiger partial charge in [0.25, 0.3) is 0 Å². The second-order valence-electron chi connectivity index (χ2n) is 1.67. The molecule has 0 bridgehead atoms. The lowest BCUT2D eigenvalue weighted by molar-refractivity contribution is -0.134. The molecule has 0 aromatic carbocycles. The average molecular weight is 141 g/mol. The summed E-state index contributed by atoms with van der Waals surface area (Å²) in [6.07, 6.45) is 4.59. The van der Waals surface area contributed by atoms with Crippen molar-refractivity contribution in [3.05, 3.63) is 23.9 Å². The molecule has 0 fully saturated rings. The van der Waals surface area contributed by atoms with Crippen LogP contribution in [0.3, 0.4) is 0 Å². The maximum Gasteiger partial charge on any atom is 0.332 e. The average Bonchev–Trinajstić information content (AvgIpc) is 1.88. The Morgan fingerprint density at radius 2 is 2.20 bits per heavy atom. The van der Waals surface area contributed by atoms with E-state index in [9.17, 15) is 4.79 Å². The minimum absolute atomic E-state index is 0.398. The smallest absolute Gasteiger partial charge is 0.332 e. The van der Waals surface area contributed by atoms with Crippen LogP contribution in [0.25, 0.3) is 0 Å². The van der Waals surface area contributed by atoms with Crippen molar-refractivity contribution in [3.8, 4) is 0 Å². The topological polar surface area (TPSA) is 52.3 Å². The predicted molar refractivity (Wildman–Crippen MR) is 39.1 cm³/mol. The van der Waals surface area contributed by atoms with E-state index in [1.165, 1.54) is 13.2 Å². The lowest BCUT2D eigenvalue weighted by atomic mass is 10.4. The Morgan fingerprint density at radius 1 is 1.60 bits per heavy atom. The van der Waals surface area contributed by atoms with Gasteiger partial charge in [0.2, 0.25) is 0 Å². The van der Waals surface area contributed by atoms with E-state index >= 15 is 0 Å². The van der Waals surface area contributed by atoms with Crippen molar-refractivity contribution in [1.82, 2.24) is 0 Å². The molecule has 0 saturated heterocycles. The fourth-order valence-corrected chi connectivity index (χ4v) is 0.436. The Hall–Kier alpha value is -1.25. The third-order valence-corrected chi connectivity index (χ3v) is 0.845. The van der Waals surface area contributed by atoms with Gasteiger partial charge in [-0.1, -0.05) is 6.08 Å². The van der Waals surface area contributed by atoms with E-state index in [2.05, 4.69) is 4.74 Å². The Balaban J connectivity index is 4.02. The van der Waals surface area contributed by atoms with E-state index in [4.69, 9.17) is 5.73 Å². The fraction of sp³-hybridized carbons (Fsp3) is 0.286. The van der Waals surface area contributed by atoms with Crippen molar-refractivity contribution in [1.29, 1.82) is 0 Å². The zero-order valence-corrected chi connectivity index (χ0v) is 6.13. The molecule has 3 nitrogen and oxygen atoms in total. The zero-order chi connectivity index (χ0) is 7.98. The lowest BCUT2D eigenvalue weighted by Crippen LogP contribution is -2.01. The van der Waals surface area contributed by atoms with E-state index in [1.807, 2.05) is 6.92 Å². The van der Waals surface area contributed by atoms with E-state index in [0.29, 0.717) is 5.70 Å². The highest BCUT2D eigenvalue weighted by Gasteiger charge is 1.91. The molecule has 0 rings (SSSR count). The van der Waals surface area contributed by atoms with Gasteiger partial charge in [0, 0.05) is 11.8 Å². The molecule has 0 aliphatic heterocycles. The minimum Gasteiger partial charge on any atom is -0.466 e. The van der Waals surface area contributed by atoms with Crippen LogP contribution in [0.4, 0.5) is 0 Å². The SMILES string of the molecule is C/C=C/C(N)=C/C(=O)OC. The van der Waals surface area contributed by atoms with Crippen molar-refractivity contribution in [2.45, 2.75) is 6.92 Å². The third kappa shape index (κ3) is 3.72. The standard InChI is InChI=1S/C7H11NO2/c1-3-4-6(8)5-7(9)10-2/h3-5H,8H2,1-2H3/b4-3+,6-5-. The van der Waals surface area contributed by atoms with E-state index < -0.39 is 5.97 Å². The van der Waals surface area contributed by atoms with E-state index in [1.54, 1.807) is 12.2 Å². The first-order valence-electron chi connectivity index (χ1n) is 2.88. The van der Waals surface area contributed by atoms with Crippen LogP contribution >= 0.6 is 0 Å². The van der Waals surface area contributed by atoms with Crippen molar-refractivity contribution >= 4 is 5.97 Å². The molecule has 10 heavy (non-hydrogen) atoms. The number of methoxy groups -OCH3 is 1. The Morgan fingerprint density at radius 3 is 2.60 bits per heavy atom. The normalized spacial score (nSPS) is 12.0. The minimum atomic E-state index is -0.435. The van der Waals surface area contributed by atoms with Crippen molar-refractivity contribution in [3.63, 3.8) is 0 Å². The Bertz CT molecular complexity index is 170. The van der Waals surface area contributed by atoms with E-state index in [0.717, 1.165) is 0 Å². The predicted octanol–water partition coefficient (Wildman–Crippen LogP) is 0.578. The molecule has 0 heterocycles. The molecule has 0 aromatic rings. The third-order valence-electron chi connectivity index (χ3n) is 0.845. The summed E-state index contributed by atoms with van der Waals surface area (Å²) >= 11 is 0. The molecule has 0 radical (unpaired) electrons. The largest absolute Gasteiger partial charge is 0.466 e. The first kappa shape index (κ1) is 8.75. The van der Waals surface area contributed by atoms with Crippen molar-refractivity contribution < 1.29 is 9.53 Å². The Labute approximate surface area is 60.2 Å². The van der Waals surface area contributed by atoms with Crippen LogP contribution in [0, 0.1) is 0 Å². The number of carbonyl (C=O) groups excluding carboxylic acids is 1. The first-order valence-corrected chi connectivity index (χ1v) is 2.88. The van der Waals surface area contributed by atoms with Crippen LogP contribution in [-0.2, 0) is 9.53 Å². The molecule has 0 atom stereocenters. The fourth-order valence-electron chi connectivity index (χ4n) is 0.436. The molecule has 2 N–H and O–H groups in total. The summed E-state index contributed by atoms with van der Waals surface area (Å²) in [5.41, 5.74) is 5.73. The van der Waals surface area contributed by atoms with Crippen LogP contribution < -0.4 is 5.73 Å². The molecule has 0 saturated carbocycles. The summed E-state index contributed by atoms with van der Waals surface area (Å²) in [6, 6.07) is 0. The Kier molecular flexibility index (Phi) is 4.04. The quantitative estimate of drug-likeness (QED) is 0.347. The molecular formula is C7H11NO2. The summed E-state index contributed by atoms with van der Waals surface area (Å²) in [7, 11) is 1.31. The molecule has 0 amide bonds. The summed E-state index contributed by atoms with van der Waals surface area (Å²) in [5.74, 6) is -0.435. The number of allylic oxidation sites excluding steroid dienone is 2. The molecule has 0 unspecified atom stereocenters. The zero-order valence-electron chi connectivity index (χ0n) is 6.13. The lowest BCUT2D eigenvalue weighted by Gasteiger charge is -1.91. The number of hydrogen-bond acceptors (Lipinski definition) is 3. The number of esters is 1. The van der Waals surface area contributed by atoms with Gasteiger partial charge in [-0.2, -0.15) is 0 Å². The molecular weight excluding hydrogens is 130 g/mol. The van der Waals surface area contributed by atoms with Gasteiger partial charge in [0.05, 0.1) is 7.11 Å². The van der Waals surface area contributed by atoms with Crippen LogP contribution in [0.5, 0.6) is 0 Å². The molecule has 0 aromatic heterocycles. The first-order chi connectivity index (χ1) is 4.70. The van der Waals surface area contributed by atoms with Gasteiger partial charge in [-0.3, -0.25) is 0 Å². The number of hydrogen-bond donors (Lipinski definition) is 1. The van der Waals surface area contributed by atoms with Gasteiger partial charge in [0.1, 0.15) is 0 Å². The van der Waals surface area contributed by atoms with Gasteiger partial charge in [-0.15, -0.1) is 0 Å². The second kappa shape index (κ2) is 4.61. The summed E-state index contributed by atoms with van der Waals surface area (Å²) in [6.45, 7) is 1.82. The van der Waals surface area contributed by atoms with E-state index in [-0.39, 0.29) is 0 Å². The summed E-state index contributed by atoms with van der Waals surface area (Å²) in [5, 5.41) is 0. The van der Waals surface area contributed by atoms with Crippen molar-refractivity contribution in [2.75, 3.05) is 7.11 Å². The summed E-state index contributed by atoms with van der Waals surface area (Å²) in [4.78, 5) is 10.5.